The van der Waals surface area contributed by atoms with Crippen molar-refractivity contribution in [1.82, 2.24) is 9.97 Å². The molecule has 5 nitrogen and oxygen atoms in total. The monoisotopic (exact) mass is 224 g/mol. The Balaban J connectivity index is 2.82. The van der Waals surface area contributed by atoms with Crippen LogP contribution in [0.5, 0.6) is 0 Å². The lowest BCUT2D eigenvalue weighted by molar-refractivity contribution is 0.288. The molecule has 0 saturated carbocycles. The molecule has 0 spiro atoms. The van der Waals surface area contributed by atoms with Crippen molar-refractivity contribution in [2.24, 2.45) is 0 Å². The number of hydrogen-bond donors (Lipinski definition) is 2. The van der Waals surface area contributed by atoms with Gasteiger partial charge in [0.2, 0.25) is 0 Å². The van der Waals surface area contributed by atoms with Gasteiger partial charge in [-0.15, -0.1) is 0 Å². The highest BCUT2D eigenvalue weighted by Gasteiger charge is 2.12. The fourth-order valence-corrected chi connectivity index (χ4v) is 1.49. The summed E-state index contributed by atoms with van der Waals surface area (Å²) in [6.45, 7) is 5.19. The van der Waals surface area contributed by atoms with Crippen LogP contribution in [0.3, 0.4) is 0 Å². The Labute approximate surface area is 96.5 Å². The maximum atomic E-state index is 8.87. The summed E-state index contributed by atoms with van der Waals surface area (Å²) in [6, 6.07) is 0.341. The third-order valence-corrected chi connectivity index (χ3v) is 2.35. The first-order valence-electron chi connectivity index (χ1n) is 5.56. The maximum Gasteiger partial charge on any atom is 0.149 e. The van der Waals surface area contributed by atoms with Crippen LogP contribution in [0.1, 0.15) is 20.3 Å². The predicted octanol–water partition coefficient (Wildman–Crippen LogP) is 1.12. The van der Waals surface area contributed by atoms with Crippen LogP contribution in [0.2, 0.25) is 0 Å². The van der Waals surface area contributed by atoms with Gasteiger partial charge >= 0.3 is 0 Å². The summed E-state index contributed by atoms with van der Waals surface area (Å²) >= 11 is 0. The molecule has 0 aliphatic heterocycles. The lowest BCUT2D eigenvalue weighted by atomic mass is 10.3. The van der Waals surface area contributed by atoms with Crippen molar-refractivity contribution in [2.75, 3.05) is 30.4 Å². The van der Waals surface area contributed by atoms with Crippen LogP contribution in [-0.2, 0) is 0 Å². The van der Waals surface area contributed by atoms with Gasteiger partial charge in [0.1, 0.15) is 11.6 Å². The summed E-state index contributed by atoms with van der Waals surface area (Å²) in [7, 11) is 1.82. The SMILES string of the molecule is CNc1cncc(N(CCCO)C(C)C)n1. The highest BCUT2D eigenvalue weighted by atomic mass is 16.3. The Hall–Kier alpha value is -1.36. The second-order valence-corrected chi connectivity index (χ2v) is 3.88. The van der Waals surface area contributed by atoms with E-state index in [1.807, 2.05) is 7.05 Å². The van der Waals surface area contributed by atoms with Crippen molar-refractivity contribution in [3.05, 3.63) is 12.4 Å². The minimum absolute atomic E-state index is 0.197. The van der Waals surface area contributed by atoms with Gasteiger partial charge in [-0.2, -0.15) is 0 Å². The fraction of sp³-hybridized carbons (Fsp3) is 0.636. The smallest absolute Gasteiger partial charge is 0.149 e. The van der Waals surface area contributed by atoms with E-state index in [1.54, 1.807) is 12.4 Å². The van der Waals surface area contributed by atoms with E-state index in [9.17, 15) is 0 Å². The Kier molecular flexibility index (Phi) is 4.98. The van der Waals surface area contributed by atoms with Crippen LogP contribution in [0.25, 0.3) is 0 Å². The third-order valence-electron chi connectivity index (χ3n) is 2.35. The highest BCUT2D eigenvalue weighted by molar-refractivity contribution is 5.44. The molecule has 0 aliphatic carbocycles. The Bertz CT molecular complexity index is 317. The topological polar surface area (TPSA) is 61.3 Å². The van der Waals surface area contributed by atoms with E-state index in [0.717, 1.165) is 24.6 Å². The van der Waals surface area contributed by atoms with Crippen molar-refractivity contribution < 1.29 is 5.11 Å². The summed E-state index contributed by atoms with van der Waals surface area (Å²) in [4.78, 5) is 10.7. The Morgan fingerprint density at radius 3 is 2.75 bits per heavy atom. The molecule has 0 unspecified atom stereocenters. The third kappa shape index (κ3) is 3.34. The van der Waals surface area contributed by atoms with Crippen LogP contribution < -0.4 is 10.2 Å². The summed E-state index contributed by atoms with van der Waals surface area (Å²) in [5.41, 5.74) is 0. The van der Waals surface area contributed by atoms with Crippen LogP contribution in [0, 0.1) is 0 Å². The first-order valence-corrected chi connectivity index (χ1v) is 5.56. The molecule has 0 fully saturated rings. The quantitative estimate of drug-likeness (QED) is 0.758. The molecule has 1 rings (SSSR count). The minimum Gasteiger partial charge on any atom is -0.396 e. The molecule has 0 radical (unpaired) electrons. The van der Waals surface area contributed by atoms with E-state index >= 15 is 0 Å². The van der Waals surface area contributed by atoms with Crippen LogP contribution >= 0.6 is 0 Å². The number of anilines is 2. The molecule has 0 aliphatic rings. The van der Waals surface area contributed by atoms with E-state index in [1.165, 1.54) is 0 Å². The molecule has 0 amide bonds. The van der Waals surface area contributed by atoms with Gasteiger partial charge in [0.15, 0.2) is 0 Å². The van der Waals surface area contributed by atoms with Gasteiger partial charge in [0, 0.05) is 26.2 Å². The lowest BCUT2D eigenvalue weighted by Crippen LogP contribution is -2.33. The van der Waals surface area contributed by atoms with E-state index in [0.29, 0.717) is 6.04 Å². The van der Waals surface area contributed by atoms with E-state index in [2.05, 4.69) is 34.0 Å². The van der Waals surface area contributed by atoms with Gasteiger partial charge in [-0.25, -0.2) is 4.98 Å². The molecule has 0 saturated heterocycles. The molecular weight excluding hydrogens is 204 g/mol. The summed E-state index contributed by atoms with van der Waals surface area (Å²) in [5, 5.41) is 11.8. The maximum absolute atomic E-state index is 8.87. The van der Waals surface area contributed by atoms with Gasteiger partial charge in [0.05, 0.1) is 12.4 Å². The second-order valence-electron chi connectivity index (χ2n) is 3.88. The largest absolute Gasteiger partial charge is 0.396 e. The first-order chi connectivity index (χ1) is 7.69. The number of aromatic nitrogens is 2. The van der Waals surface area contributed by atoms with E-state index in [-0.39, 0.29) is 6.61 Å². The molecule has 1 aromatic heterocycles. The average Bonchev–Trinajstić information content (AvgIpc) is 2.29. The Morgan fingerprint density at radius 2 is 2.19 bits per heavy atom. The number of nitrogens with one attached hydrogen (secondary N) is 1. The molecule has 0 aromatic carbocycles. The second kappa shape index (κ2) is 6.27. The standard InChI is InChI=1S/C11H20N4O/c1-9(2)15(5-4-6-16)11-8-13-7-10(12-3)14-11/h7-9,16H,4-6H2,1-3H3,(H,12,14). The zero-order valence-electron chi connectivity index (χ0n) is 10.1. The fourth-order valence-electron chi connectivity index (χ4n) is 1.49. The number of aliphatic hydroxyl groups is 1. The normalized spacial score (nSPS) is 10.6. The Morgan fingerprint density at radius 1 is 1.44 bits per heavy atom. The van der Waals surface area contributed by atoms with Gasteiger partial charge in [-0.3, -0.25) is 4.98 Å². The summed E-state index contributed by atoms with van der Waals surface area (Å²) in [6.07, 6.45) is 4.18. The van der Waals surface area contributed by atoms with E-state index < -0.39 is 0 Å². The zero-order chi connectivity index (χ0) is 12.0. The van der Waals surface area contributed by atoms with Crippen LogP contribution in [-0.4, -0.2) is 41.3 Å². The number of aliphatic hydroxyl groups excluding tert-OH is 1. The molecule has 2 N–H and O–H groups in total. The zero-order valence-corrected chi connectivity index (χ0v) is 10.1. The molecular formula is C11H20N4O. The summed E-state index contributed by atoms with van der Waals surface area (Å²) in [5.74, 6) is 1.60. The summed E-state index contributed by atoms with van der Waals surface area (Å²) < 4.78 is 0. The molecule has 90 valence electrons. The van der Waals surface area contributed by atoms with Crippen molar-refractivity contribution in [2.45, 2.75) is 26.3 Å². The molecule has 1 aromatic rings. The van der Waals surface area contributed by atoms with Crippen molar-refractivity contribution in [3.8, 4) is 0 Å². The molecule has 1 heterocycles. The molecule has 5 heteroatoms. The molecule has 16 heavy (non-hydrogen) atoms. The predicted molar refractivity (Wildman–Crippen MR) is 65.8 cm³/mol. The average molecular weight is 224 g/mol. The van der Waals surface area contributed by atoms with E-state index in [4.69, 9.17) is 5.11 Å². The van der Waals surface area contributed by atoms with Crippen LogP contribution in [0.4, 0.5) is 11.6 Å². The number of rotatable bonds is 6. The molecule has 0 bridgehead atoms. The van der Waals surface area contributed by atoms with Crippen LogP contribution in [0.15, 0.2) is 12.4 Å². The van der Waals surface area contributed by atoms with Gasteiger partial charge < -0.3 is 15.3 Å². The number of nitrogens with zero attached hydrogens (tertiary/aromatic N) is 3. The number of hydrogen-bond acceptors (Lipinski definition) is 5. The van der Waals surface area contributed by atoms with Crippen molar-refractivity contribution >= 4 is 11.6 Å². The minimum atomic E-state index is 0.197. The van der Waals surface area contributed by atoms with Gasteiger partial charge in [0.25, 0.3) is 0 Å². The highest BCUT2D eigenvalue weighted by Crippen LogP contribution is 2.15. The van der Waals surface area contributed by atoms with Gasteiger partial charge in [-0.1, -0.05) is 0 Å². The molecule has 0 atom stereocenters. The van der Waals surface area contributed by atoms with Gasteiger partial charge in [-0.05, 0) is 20.3 Å². The van der Waals surface area contributed by atoms with Crippen molar-refractivity contribution in [1.29, 1.82) is 0 Å². The van der Waals surface area contributed by atoms with Crippen molar-refractivity contribution in [3.63, 3.8) is 0 Å². The first kappa shape index (κ1) is 12.7. The lowest BCUT2D eigenvalue weighted by Gasteiger charge is -2.27.